The van der Waals surface area contributed by atoms with E-state index in [-0.39, 0.29) is 18.3 Å². The van der Waals surface area contributed by atoms with Gasteiger partial charge in [-0.1, -0.05) is 48.5 Å². The number of carbonyl (C=O) groups is 2. The predicted molar refractivity (Wildman–Crippen MR) is 96.8 cm³/mol. The fourth-order valence-electron chi connectivity index (χ4n) is 2.59. The number of hydrogen-bond acceptors (Lipinski definition) is 4. The zero-order chi connectivity index (χ0) is 18.4. The first kappa shape index (κ1) is 17.4. The minimum Gasteiger partial charge on any atom is -0.469 e. The molecule has 0 bridgehead atoms. The van der Waals surface area contributed by atoms with E-state index in [1.165, 1.54) is 13.3 Å². The Bertz CT molecular complexity index is 876. The predicted octanol–water partition coefficient (Wildman–Crippen LogP) is 2.91. The molecular weight excluding hydrogens is 330 g/mol. The maximum atomic E-state index is 12.6. The molecule has 0 aliphatic carbocycles. The molecule has 0 aliphatic heterocycles. The Labute approximate surface area is 151 Å². The lowest BCUT2D eigenvalue weighted by atomic mass is 10.0. The molecule has 1 aromatic heterocycles. The molecule has 132 valence electrons. The summed E-state index contributed by atoms with van der Waals surface area (Å²) in [6.07, 6.45) is 3.21. The molecular formula is C20H19N3O3. The average molecular weight is 349 g/mol. The van der Waals surface area contributed by atoms with Gasteiger partial charge in [0.2, 0.25) is 0 Å². The van der Waals surface area contributed by atoms with Crippen LogP contribution in [-0.4, -0.2) is 28.8 Å². The van der Waals surface area contributed by atoms with Crippen LogP contribution in [0.1, 0.15) is 28.4 Å². The van der Waals surface area contributed by atoms with Crippen molar-refractivity contribution in [2.24, 2.45) is 0 Å². The van der Waals surface area contributed by atoms with Gasteiger partial charge in [-0.05, 0) is 17.7 Å². The number of aromatic nitrogens is 2. The third-order valence-electron chi connectivity index (χ3n) is 3.97. The first-order valence-corrected chi connectivity index (χ1v) is 8.20. The number of methoxy groups -OCH3 is 1. The summed E-state index contributed by atoms with van der Waals surface area (Å²) in [6, 6.07) is 18.4. The number of hydrogen-bond donors (Lipinski definition) is 1. The fourth-order valence-corrected chi connectivity index (χ4v) is 2.59. The summed E-state index contributed by atoms with van der Waals surface area (Å²) in [7, 11) is 1.33. The lowest BCUT2D eigenvalue weighted by Gasteiger charge is -2.17. The number of benzene rings is 2. The van der Waals surface area contributed by atoms with Crippen LogP contribution >= 0.6 is 0 Å². The number of rotatable bonds is 6. The van der Waals surface area contributed by atoms with E-state index in [9.17, 15) is 9.59 Å². The van der Waals surface area contributed by atoms with Gasteiger partial charge in [-0.3, -0.25) is 9.59 Å². The van der Waals surface area contributed by atoms with Crippen molar-refractivity contribution in [3.63, 3.8) is 0 Å². The van der Waals surface area contributed by atoms with Gasteiger partial charge < -0.3 is 10.1 Å². The monoisotopic (exact) mass is 349 g/mol. The van der Waals surface area contributed by atoms with E-state index in [0.717, 1.165) is 11.3 Å². The van der Waals surface area contributed by atoms with Crippen molar-refractivity contribution >= 4 is 11.9 Å². The second-order valence-electron chi connectivity index (χ2n) is 5.73. The molecule has 0 saturated heterocycles. The Hall–Kier alpha value is -3.41. The van der Waals surface area contributed by atoms with Crippen LogP contribution in [0.4, 0.5) is 0 Å². The molecule has 1 atom stereocenters. The Morgan fingerprint density at radius 2 is 1.73 bits per heavy atom. The third kappa shape index (κ3) is 4.16. The van der Waals surface area contributed by atoms with Gasteiger partial charge >= 0.3 is 5.97 Å². The third-order valence-corrected chi connectivity index (χ3v) is 3.97. The van der Waals surface area contributed by atoms with E-state index >= 15 is 0 Å². The summed E-state index contributed by atoms with van der Waals surface area (Å²) < 4.78 is 6.38. The number of nitrogens with zero attached hydrogens (tertiary/aromatic N) is 2. The molecule has 2 aromatic carbocycles. The summed E-state index contributed by atoms with van der Waals surface area (Å²) in [6.45, 7) is 0. The smallest absolute Gasteiger partial charge is 0.307 e. The highest BCUT2D eigenvalue weighted by atomic mass is 16.5. The molecule has 6 heteroatoms. The summed E-state index contributed by atoms with van der Waals surface area (Å²) in [4.78, 5) is 24.3. The Kier molecular flexibility index (Phi) is 5.43. The minimum absolute atomic E-state index is 0.0546. The van der Waals surface area contributed by atoms with Crippen LogP contribution in [0.3, 0.4) is 0 Å². The van der Waals surface area contributed by atoms with Gasteiger partial charge in [-0.15, -0.1) is 0 Å². The fraction of sp³-hybridized carbons (Fsp3) is 0.150. The molecule has 0 fully saturated rings. The number of para-hydroxylation sites is 1. The zero-order valence-electron chi connectivity index (χ0n) is 14.3. The topological polar surface area (TPSA) is 73.2 Å². The van der Waals surface area contributed by atoms with Crippen molar-refractivity contribution in [1.29, 1.82) is 0 Å². The van der Waals surface area contributed by atoms with Gasteiger partial charge in [0, 0.05) is 6.20 Å². The van der Waals surface area contributed by atoms with E-state index < -0.39 is 6.04 Å². The first-order chi connectivity index (χ1) is 12.7. The Balaban J connectivity index is 1.77. The molecule has 3 aromatic rings. The minimum atomic E-state index is -0.476. The van der Waals surface area contributed by atoms with Gasteiger partial charge in [0.05, 0.1) is 37.0 Å². The molecule has 1 heterocycles. The molecule has 3 rings (SSSR count). The molecule has 1 amide bonds. The van der Waals surface area contributed by atoms with Gasteiger partial charge in [-0.2, -0.15) is 5.10 Å². The lowest BCUT2D eigenvalue weighted by molar-refractivity contribution is -0.141. The van der Waals surface area contributed by atoms with Crippen molar-refractivity contribution in [3.8, 4) is 5.69 Å². The van der Waals surface area contributed by atoms with Gasteiger partial charge in [0.25, 0.3) is 5.91 Å². The molecule has 0 saturated carbocycles. The average Bonchev–Trinajstić information content (AvgIpc) is 3.19. The highest BCUT2D eigenvalue weighted by molar-refractivity contribution is 5.94. The second kappa shape index (κ2) is 8.11. The number of nitrogens with one attached hydrogen (secondary N) is 1. The van der Waals surface area contributed by atoms with Crippen molar-refractivity contribution < 1.29 is 14.3 Å². The second-order valence-corrected chi connectivity index (χ2v) is 5.73. The molecule has 6 nitrogen and oxygen atoms in total. The summed E-state index contributed by atoms with van der Waals surface area (Å²) in [5.74, 6) is -0.691. The van der Waals surface area contributed by atoms with Crippen LogP contribution in [0.25, 0.3) is 5.69 Å². The van der Waals surface area contributed by atoms with Crippen molar-refractivity contribution in [3.05, 3.63) is 84.2 Å². The number of ether oxygens (including phenoxy) is 1. The van der Waals surface area contributed by atoms with E-state index in [1.807, 2.05) is 60.7 Å². The lowest BCUT2D eigenvalue weighted by Crippen LogP contribution is -2.30. The van der Waals surface area contributed by atoms with E-state index in [4.69, 9.17) is 4.74 Å². The van der Waals surface area contributed by atoms with Crippen LogP contribution in [0, 0.1) is 0 Å². The van der Waals surface area contributed by atoms with E-state index in [2.05, 4.69) is 10.4 Å². The standard InChI is InChI=1S/C20H19N3O3/c1-26-19(24)12-18(15-8-4-2-5-9-15)22-20(25)16-13-21-23(14-16)17-10-6-3-7-11-17/h2-11,13-14,18H,12H2,1H3,(H,22,25)/t18-/m0/s1. The molecule has 0 spiro atoms. The largest absolute Gasteiger partial charge is 0.469 e. The molecule has 0 radical (unpaired) electrons. The van der Waals surface area contributed by atoms with Gasteiger partial charge in [0.1, 0.15) is 0 Å². The SMILES string of the molecule is COC(=O)C[C@H](NC(=O)c1cnn(-c2ccccc2)c1)c1ccccc1. The summed E-state index contributed by atoms with van der Waals surface area (Å²) >= 11 is 0. The number of esters is 1. The van der Waals surface area contributed by atoms with Crippen molar-refractivity contribution in [1.82, 2.24) is 15.1 Å². The molecule has 0 aliphatic rings. The summed E-state index contributed by atoms with van der Waals surface area (Å²) in [5.41, 5.74) is 2.11. The highest BCUT2D eigenvalue weighted by Crippen LogP contribution is 2.18. The maximum Gasteiger partial charge on any atom is 0.307 e. The first-order valence-electron chi connectivity index (χ1n) is 8.20. The van der Waals surface area contributed by atoms with Crippen LogP contribution in [0.5, 0.6) is 0 Å². The quantitative estimate of drug-likeness (QED) is 0.695. The molecule has 1 N–H and O–H groups in total. The number of amides is 1. The number of carbonyl (C=O) groups excluding carboxylic acids is 2. The Morgan fingerprint density at radius 1 is 1.08 bits per heavy atom. The van der Waals surface area contributed by atoms with E-state index in [1.54, 1.807) is 10.9 Å². The Morgan fingerprint density at radius 3 is 2.38 bits per heavy atom. The van der Waals surface area contributed by atoms with Crippen LogP contribution in [-0.2, 0) is 9.53 Å². The van der Waals surface area contributed by atoms with Gasteiger partial charge in [0.15, 0.2) is 0 Å². The van der Waals surface area contributed by atoms with Gasteiger partial charge in [-0.25, -0.2) is 4.68 Å². The molecule has 26 heavy (non-hydrogen) atoms. The molecule has 0 unspecified atom stereocenters. The van der Waals surface area contributed by atoms with Crippen LogP contribution in [0.2, 0.25) is 0 Å². The highest BCUT2D eigenvalue weighted by Gasteiger charge is 2.20. The zero-order valence-corrected chi connectivity index (χ0v) is 14.3. The van der Waals surface area contributed by atoms with Crippen molar-refractivity contribution in [2.75, 3.05) is 7.11 Å². The van der Waals surface area contributed by atoms with Crippen molar-refractivity contribution in [2.45, 2.75) is 12.5 Å². The van der Waals surface area contributed by atoms with E-state index in [0.29, 0.717) is 5.56 Å². The summed E-state index contributed by atoms with van der Waals surface area (Å²) in [5, 5.41) is 7.12. The van der Waals surface area contributed by atoms with Crippen LogP contribution < -0.4 is 5.32 Å². The normalized spacial score (nSPS) is 11.6. The van der Waals surface area contributed by atoms with Crippen LogP contribution in [0.15, 0.2) is 73.1 Å². The maximum absolute atomic E-state index is 12.6.